The van der Waals surface area contributed by atoms with Gasteiger partial charge >= 0.3 is 0 Å². The summed E-state index contributed by atoms with van der Waals surface area (Å²) in [5.41, 5.74) is 6.16. The first-order valence-corrected chi connectivity index (χ1v) is 16.6. The maximum Gasteiger partial charge on any atom is 0.135 e. The Balaban J connectivity index is 1.39. The summed E-state index contributed by atoms with van der Waals surface area (Å²) >= 11 is 0. The van der Waals surface area contributed by atoms with E-state index in [9.17, 15) is 40.9 Å². The fraction of sp³-hybridized carbons (Fsp3) is 0.143. The van der Waals surface area contributed by atoms with Crippen LogP contribution < -0.4 is 4.74 Å². The summed E-state index contributed by atoms with van der Waals surface area (Å²) < 4.78 is 6.71. The molecule has 1 aliphatic heterocycles. The van der Waals surface area contributed by atoms with Crippen LogP contribution in [0.25, 0.3) is 0 Å². The molecule has 9 nitrogen and oxygen atoms in total. The highest BCUT2D eigenvalue weighted by Gasteiger charge is 2.57. The fourth-order valence-corrected chi connectivity index (χ4v) is 9.08. The minimum atomic E-state index is -0.702. The SMILES string of the molecule is Oc1ccc([C@@H]2c3c(O)cc(O)cc3[C@H]3c4c(O)cc5c(c4[C@@H]2[C@H]3c2ccc(O)cc2)[C@@H](c2cc(O)cc(O)c2)[C@H](c2ccc(O)cc2)O5)cc1. The zero-order chi connectivity index (χ0) is 35.3. The van der Waals surface area contributed by atoms with Crippen molar-refractivity contribution in [1.29, 1.82) is 0 Å². The van der Waals surface area contributed by atoms with Gasteiger partial charge < -0.3 is 45.6 Å². The van der Waals surface area contributed by atoms with E-state index in [4.69, 9.17) is 4.74 Å². The van der Waals surface area contributed by atoms with Crippen LogP contribution in [0.4, 0.5) is 0 Å². The molecule has 51 heavy (non-hydrogen) atoms. The van der Waals surface area contributed by atoms with Gasteiger partial charge in [0.05, 0.1) is 5.92 Å². The van der Waals surface area contributed by atoms with Gasteiger partial charge in [-0.25, -0.2) is 0 Å². The molecule has 6 aromatic carbocycles. The highest BCUT2D eigenvalue weighted by Crippen LogP contribution is 2.71. The van der Waals surface area contributed by atoms with E-state index in [2.05, 4.69) is 0 Å². The predicted molar refractivity (Wildman–Crippen MR) is 186 cm³/mol. The molecule has 0 amide bonds. The smallest absolute Gasteiger partial charge is 0.135 e. The van der Waals surface area contributed by atoms with Crippen LogP contribution in [0.2, 0.25) is 0 Å². The van der Waals surface area contributed by atoms with E-state index in [0.717, 1.165) is 22.3 Å². The molecule has 0 saturated heterocycles. The van der Waals surface area contributed by atoms with Crippen molar-refractivity contribution >= 4 is 0 Å². The second-order valence-electron chi connectivity index (χ2n) is 13.7. The molecular weight excluding hydrogens is 648 g/mol. The van der Waals surface area contributed by atoms with Gasteiger partial charge in [0.1, 0.15) is 57.8 Å². The van der Waals surface area contributed by atoms with Gasteiger partial charge in [0, 0.05) is 58.6 Å². The van der Waals surface area contributed by atoms with Crippen LogP contribution in [0.1, 0.15) is 85.8 Å². The first-order chi connectivity index (χ1) is 24.6. The second kappa shape index (κ2) is 11.0. The summed E-state index contributed by atoms with van der Waals surface area (Å²) in [7, 11) is 0. The molecule has 2 aliphatic carbocycles. The predicted octanol–water partition coefficient (Wildman–Crippen LogP) is 7.76. The van der Waals surface area contributed by atoms with Crippen molar-refractivity contribution in [2.75, 3.05) is 0 Å². The van der Waals surface area contributed by atoms with Crippen LogP contribution in [-0.2, 0) is 0 Å². The van der Waals surface area contributed by atoms with Crippen molar-refractivity contribution in [3.05, 3.63) is 159 Å². The average Bonchev–Trinajstić information content (AvgIpc) is 3.60. The van der Waals surface area contributed by atoms with Crippen LogP contribution in [-0.4, -0.2) is 40.9 Å². The van der Waals surface area contributed by atoms with E-state index in [1.54, 1.807) is 84.9 Å². The Bertz CT molecular complexity index is 2330. The third-order valence-electron chi connectivity index (χ3n) is 10.9. The summed E-state index contributed by atoms with van der Waals surface area (Å²) in [4.78, 5) is 0. The largest absolute Gasteiger partial charge is 0.508 e. The van der Waals surface area contributed by atoms with Gasteiger partial charge in [-0.15, -0.1) is 0 Å². The van der Waals surface area contributed by atoms with Crippen LogP contribution in [0, 0.1) is 0 Å². The molecule has 0 fully saturated rings. The van der Waals surface area contributed by atoms with Crippen molar-refractivity contribution < 1.29 is 45.6 Å². The van der Waals surface area contributed by atoms with Gasteiger partial charge in [0.2, 0.25) is 0 Å². The van der Waals surface area contributed by atoms with Crippen LogP contribution in [0.3, 0.4) is 0 Å². The van der Waals surface area contributed by atoms with E-state index in [-0.39, 0.29) is 51.9 Å². The van der Waals surface area contributed by atoms with Crippen LogP contribution in [0.5, 0.6) is 51.7 Å². The fourth-order valence-electron chi connectivity index (χ4n) is 9.08. The second-order valence-corrected chi connectivity index (χ2v) is 13.7. The number of rotatable bonds is 4. The minimum Gasteiger partial charge on any atom is -0.508 e. The van der Waals surface area contributed by atoms with E-state index in [1.807, 2.05) is 12.1 Å². The van der Waals surface area contributed by atoms with Gasteiger partial charge in [-0.1, -0.05) is 36.4 Å². The molecule has 2 bridgehead atoms. The van der Waals surface area contributed by atoms with Crippen molar-refractivity contribution in [1.82, 2.24) is 0 Å². The molecule has 9 heteroatoms. The number of phenolic OH excluding ortho intramolecular Hbond substituents is 8. The number of phenols is 8. The number of fused-ring (bicyclic) bond motifs is 9. The Morgan fingerprint density at radius 1 is 0.353 bits per heavy atom. The zero-order valence-electron chi connectivity index (χ0n) is 26.8. The summed E-state index contributed by atoms with van der Waals surface area (Å²) in [5.74, 6) is -2.56. The number of ether oxygens (including phenoxy) is 1. The number of aromatic hydroxyl groups is 8. The lowest BCUT2D eigenvalue weighted by atomic mass is 9.62. The summed E-state index contributed by atoms with van der Waals surface area (Å²) in [6, 6.07) is 29.2. The molecule has 0 unspecified atom stereocenters. The normalized spacial score (nSPS) is 22.5. The van der Waals surface area contributed by atoms with E-state index in [0.29, 0.717) is 33.6 Å². The van der Waals surface area contributed by atoms with E-state index < -0.39 is 29.8 Å². The highest BCUT2D eigenvalue weighted by atomic mass is 16.5. The maximum atomic E-state index is 12.1. The Morgan fingerprint density at radius 3 is 1.49 bits per heavy atom. The van der Waals surface area contributed by atoms with Crippen LogP contribution >= 0.6 is 0 Å². The maximum absolute atomic E-state index is 12.1. The topological polar surface area (TPSA) is 171 Å². The van der Waals surface area contributed by atoms with Crippen molar-refractivity contribution in [3.63, 3.8) is 0 Å². The molecule has 6 atom stereocenters. The third kappa shape index (κ3) is 4.61. The standard InChI is InChI=1S/C42H32O9/c43-23-7-1-19(2-8-23)33-36-29(16-28(48)17-30(36)49)37-34(20-3-9-24(44)10-4-20)40(33)41-38(37)31(50)18-32-39(41)35(22-13-26(46)15-27(47)14-22)42(51-32)21-5-11-25(45)12-6-21/h1-18,33-35,37,40,42-50H/t33-,34+,35-,37-,40+,42+/m1/s1. The lowest BCUT2D eigenvalue weighted by molar-refractivity contribution is 0.221. The quantitative estimate of drug-likeness (QED) is 0.0927. The van der Waals surface area contributed by atoms with Gasteiger partial charge in [0.25, 0.3) is 0 Å². The Labute approximate surface area is 291 Å². The average molecular weight is 681 g/mol. The Hall–Kier alpha value is -6.48. The number of benzene rings is 6. The third-order valence-corrected chi connectivity index (χ3v) is 10.9. The summed E-state index contributed by atoms with van der Waals surface area (Å²) in [6.07, 6.45) is -0.702. The van der Waals surface area contributed by atoms with Gasteiger partial charge in [-0.3, -0.25) is 0 Å². The number of hydrogen-bond acceptors (Lipinski definition) is 9. The molecule has 6 aromatic rings. The lowest BCUT2D eigenvalue weighted by Crippen LogP contribution is -2.26. The Morgan fingerprint density at radius 2 is 0.882 bits per heavy atom. The van der Waals surface area contributed by atoms with Crippen molar-refractivity contribution in [2.24, 2.45) is 0 Å². The number of hydrogen-bond donors (Lipinski definition) is 8. The van der Waals surface area contributed by atoms with Gasteiger partial charge in [0.15, 0.2) is 0 Å². The molecule has 8 N–H and O–H groups in total. The minimum absolute atomic E-state index is 0.0379. The Kier molecular flexibility index (Phi) is 6.60. The summed E-state index contributed by atoms with van der Waals surface area (Å²) in [6.45, 7) is 0. The van der Waals surface area contributed by atoms with Gasteiger partial charge in [-0.05, 0) is 88.0 Å². The first-order valence-electron chi connectivity index (χ1n) is 16.6. The van der Waals surface area contributed by atoms with E-state index >= 15 is 0 Å². The molecule has 1 heterocycles. The highest BCUT2D eigenvalue weighted by molar-refractivity contribution is 5.73. The molecule has 0 saturated carbocycles. The van der Waals surface area contributed by atoms with Gasteiger partial charge in [-0.2, -0.15) is 0 Å². The molecule has 3 aliphatic rings. The zero-order valence-corrected chi connectivity index (χ0v) is 26.8. The van der Waals surface area contributed by atoms with Crippen molar-refractivity contribution in [2.45, 2.75) is 35.7 Å². The molecule has 9 rings (SSSR count). The first kappa shape index (κ1) is 30.6. The molecule has 0 radical (unpaired) electrons. The van der Waals surface area contributed by atoms with Crippen molar-refractivity contribution in [3.8, 4) is 51.7 Å². The molecule has 0 aromatic heterocycles. The molecular formula is C42H32O9. The van der Waals surface area contributed by atoms with Crippen LogP contribution in [0.15, 0.2) is 109 Å². The monoisotopic (exact) mass is 680 g/mol. The summed E-state index contributed by atoms with van der Waals surface area (Å²) in [5, 5.41) is 86.7. The lowest BCUT2D eigenvalue weighted by Gasteiger charge is -2.40. The van der Waals surface area contributed by atoms with E-state index in [1.165, 1.54) is 12.1 Å². The molecule has 0 spiro atoms. The molecule has 254 valence electrons.